The van der Waals surface area contributed by atoms with Crippen molar-refractivity contribution in [1.82, 2.24) is 9.80 Å². The number of nitrogens with two attached hydrogens (primary N) is 1. The highest BCUT2D eigenvalue weighted by Crippen LogP contribution is 2.06. The highest BCUT2D eigenvalue weighted by Gasteiger charge is 2.20. The fourth-order valence-electron chi connectivity index (χ4n) is 2.14. The number of quaternary nitrogens is 1. The summed E-state index contributed by atoms with van der Waals surface area (Å²) in [6.07, 6.45) is 0.724. The third kappa shape index (κ3) is 6.92. The largest absolute Gasteiger partial charge is 0.368 e. The van der Waals surface area contributed by atoms with Gasteiger partial charge in [-0.3, -0.25) is 14.4 Å². The number of rotatable bonds is 9. The van der Waals surface area contributed by atoms with Crippen molar-refractivity contribution in [1.29, 1.82) is 0 Å². The maximum atomic E-state index is 12.5. The lowest BCUT2D eigenvalue weighted by molar-refractivity contribution is -0.368. The van der Waals surface area contributed by atoms with E-state index in [4.69, 9.17) is 5.73 Å². The van der Waals surface area contributed by atoms with Crippen molar-refractivity contribution in [3.05, 3.63) is 35.9 Å². The molecule has 1 aromatic rings. The standard InChI is InChI=1S/C16H24N4O3/c1-13(21)19(9-5-8-17)12-16(23)20(11-15(18)22)10-14-6-3-2-4-7-14/h2-4,6-7H,5,8-12,17H2,1H3,(H2,18,22)/p+1. The van der Waals surface area contributed by atoms with Gasteiger partial charge in [-0.2, -0.15) is 0 Å². The first-order chi connectivity index (χ1) is 10.9. The predicted octanol–water partition coefficient (Wildman–Crippen LogP) is -1.02. The van der Waals surface area contributed by atoms with Gasteiger partial charge in [-0.25, -0.2) is 0 Å². The fourth-order valence-corrected chi connectivity index (χ4v) is 2.14. The normalized spacial score (nSPS) is 10.2. The molecule has 0 saturated carbocycles. The molecule has 0 aromatic heterocycles. The molecule has 0 aliphatic rings. The second-order valence-corrected chi connectivity index (χ2v) is 5.35. The van der Waals surface area contributed by atoms with Crippen LogP contribution in [0, 0.1) is 0 Å². The third-order valence-electron chi connectivity index (χ3n) is 3.37. The summed E-state index contributed by atoms with van der Waals surface area (Å²) in [6.45, 7) is 2.63. The van der Waals surface area contributed by atoms with E-state index < -0.39 is 5.91 Å². The number of hydrogen-bond donors (Lipinski definition) is 2. The molecule has 7 heteroatoms. The number of carbonyl (C=O) groups is 3. The number of nitrogens with zero attached hydrogens (tertiary/aromatic N) is 2. The van der Waals surface area contributed by atoms with Crippen LogP contribution in [0.4, 0.5) is 0 Å². The lowest BCUT2D eigenvalue weighted by Gasteiger charge is -2.26. The lowest BCUT2D eigenvalue weighted by atomic mass is 10.2. The number of primary amides is 1. The second-order valence-electron chi connectivity index (χ2n) is 5.35. The van der Waals surface area contributed by atoms with E-state index in [0.29, 0.717) is 13.1 Å². The van der Waals surface area contributed by atoms with Gasteiger partial charge in [0, 0.05) is 26.4 Å². The topological polar surface area (TPSA) is 111 Å². The molecule has 126 valence electrons. The molecule has 1 rings (SSSR count). The van der Waals surface area contributed by atoms with Gasteiger partial charge in [0.05, 0.1) is 19.6 Å². The first-order valence-corrected chi connectivity index (χ1v) is 7.58. The Morgan fingerprint density at radius 2 is 1.74 bits per heavy atom. The summed E-state index contributed by atoms with van der Waals surface area (Å²) in [5, 5.41) is 0. The van der Waals surface area contributed by atoms with Gasteiger partial charge in [0.1, 0.15) is 0 Å². The van der Waals surface area contributed by atoms with Crippen LogP contribution in [0.1, 0.15) is 18.9 Å². The van der Waals surface area contributed by atoms with Gasteiger partial charge in [0.25, 0.3) is 0 Å². The van der Waals surface area contributed by atoms with Crippen molar-refractivity contribution in [3.63, 3.8) is 0 Å². The second kappa shape index (κ2) is 9.58. The van der Waals surface area contributed by atoms with Crippen LogP contribution in [-0.2, 0) is 20.9 Å². The molecule has 3 amide bonds. The first-order valence-electron chi connectivity index (χ1n) is 7.58. The summed E-state index contributed by atoms with van der Waals surface area (Å²) in [5.41, 5.74) is 9.86. The smallest absolute Gasteiger partial charge is 0.242 e. The van der Waals surface area contributed by atoms with Crippen LogP contribution in [-0.4, -0.2) is 53.7 Å². The summed E-state index contributed by atoms with van der Waals surface area (Å²) in [6, 6.07) is 9.33. The third-order valence-corrected chi connectivity index (χ3v) is 3.37. The zero-order chi connectivity index (χ0) is 17.2. The van der Waals surface area contributed by atoms with Crippen LogP contribution in [0.2, 0.25) is 0 Å². The summed E-state index contributed by atoms with van der Waals surface area (Å²) in [5.74, 6) is -1.06. The Labute approximate surface area is 136 Å². The molecule has 0 spiro atoms. The highest BCUT2D eigenvalue weighted by atomic mass is 16.2. The van der Waals surface area contributed by atoms with Crippen LogP contribution in [0.25, 0.3) is 0 Å². The molecule has 0 heterocycles. The predicted molar refractivity (Wildman–Crippen MR) is 85.7 cm³/mol. The Balaban J connectivity index is 2.77. The molecule has 0 aliphatic heterocycles. The fraction of sp³-hybridized carbons (Fsp3) is 0.438. The summed E-state index contributed by atoms with van der Waals surface area (Å²) in [7, 11) is 0. The maximum absolute atomic E-state index is 12.5. The van der Waals surface area contributed by atoms with Gasteiger partial charge in [-0.15, -0.1) is 0 Å². The van der Waals surface area contributed by atoms with E-state index in [1.807, 2.05) is 30.3 Å². The minimum absolute atomic E-state index is 0.0601. The van der Waals surface area contributed by atoms with Crippen LogP contribution in [0.15, 0.2) is 30.3 Å². The Morgan fingerprint density at radius 3 is 2.26 bits per heavy atom. The maximum Gasteiger partial charge on any atom is 0.242 e. The molecule has 23 heavy (non-hydrogen) atoms. The van der Waals surface area contributed by atoms with Crippen LogP contribution in [0.3, 0.4) is 0 Å². The van der Waals surface area contributed by atoms with Crippen LogP contribution >= 0.6 is 0 Å². The van der Waals surface area contributed by atoms with E-state index in [9.17, 15) is 14.4 Å². The van der Waals surface area contributed by atoms with E-state index in [0.717, 1.165) is 12.0 Å². The molecule has 0 saturated heterocycles. The van der Waals surface area contributed by atoms with E-state index in [1.165, 1.54) is 16.7 Å². The minimum atomic E-state index is -0.582. The Hall–Kier alpha value is -2.41. The monoisotopic (exact) mass is 321 g/mol. The lowest BCUT2D eigenvalue weighted by Crippen LogP contribution is -2.52. The molecule has 5 N–H and O–H groups in total. The number of benzene rings is 1. The van der Waals surface area contributed by atoms with Gasteiger partial charge in [0.2, 0.25) is 17.7 Å². The average molecular weight is 321 g/mol. The molecule has 0 fully saturated rings. The molecule has 0 unspecified atom stereocenters. The highest BCUT2D eigenvalue weighted by molar-refractivity contribution is 5.87. The summed E-state index contributed by atoms with van der Waals surface area (Å²) >= 11 is 0. The number of carbonyl (C=O) groups excluding carboxylic acids is 3. The molecule has 0 atom stereocenters. The summed E-state index contributed by atoms with van der Waals surface area (Å²) < 4.78 is 0. The van der Waals surface area contributed by atoms with Gasteiger partial charge in [-0.05, 0) is 5.56 Å². The number of hydrogen-bond acceptors (Lipinski definition) is 3. The molecular formula is C16H25N4O3+. The Bertz CT molecular complexity index is 533. The zero-order valence-electron chi connectivity index (χ0n) is 13.5. The van der Waals surface area contributed by atoms with Crippen molar-refractivity contribution in [3.8, 4) is 0 Å². The summed E-state index contributed by atoms with van der Waals surface area (Å²) in [4.78, 5) is 38.2. The molecule has 1 aromatic carbocycles. The van der Waals surface area contributed by atoms with Gasteiger partial charge >= 0.3 is 0 Å². The van der Waals surface area contributed by atoms with Crippen molar-refractivity contribution in [2.24, 2.45) is 5.73 Å². The van der Waals surface area contributed by atoms with E-state index >= 15 is 0 Å². The van der Waals surface area contributed by atoms with Crippen molar-refractivity contribution >= 4 is 17.7 Å². The zero-order valence-corrected chi connectivity index (χ0v) is 13.5. The van der Waals surface area contributed by atoms with E-state index in [2.05, 4.69) is 5.73 Å². The van der Waals surface area contributed by atoms with E-state index in [-0.39, 0.29) is 31.4 Å². The van der Waals surface area contributed by atoms with Crippen molar-refractivity contribution < 1.29 is 20.1 Å². The van der Waals surface area contributed by atoms with Gasteiger partial charge in [-0.1, -0.05) is 30.3 Å². The van der Waals surface area contributed by atoms with Crippen molar-refractivity contribution in [2.75, 3.05) is 26.2 Å². The molecule has 0 bridgehead atoms. The van der Waals surface area contributed by atoms with Gasteiger partial charge in [0.15, 0.2) is 0 Å². The Morgan fingerprint density at radius 1 is 1.09 bits per heavy atom. The first kappa shape index (κ1) is 18.6. The van der Waals surface area contributed by atoms with E-state index in [1.54, 1.807) is 0 Å². The van der Waals surface area contributed by atoms with Gasteiger partial charge < -0.3 is 21.3 Å². The number of amides is 3. The molecular weight excluding hydrogens is 296 g/mol. The SMILES string of the molecule is CC(=O)N(CCC[NH3+])CC(=O)N(CC(N)=O)Cc1ccccc1. The average Bonchev–Trinajstić information content (AvgIpc) is 2.50. The van der Waals surface area contributed by atoms with Crippen LogP contribution in [0.5, 0.6) is 0 Å². The van der Waals surface area contributed by atoms with Crippen LogP contribution < -0.4 is 11.5 Å². The Kier molecular flexibility index (Phi) is 7.76. The minimum Gasteiger partial charge on any atom is -0.368 e. The molecule has 7 nitrogen and oxygen atoms in total. The van der Waals surface area contributed by atoms with Crippen molar-refractivity contribution in [2.45, 2.75) is 19.9 Å². The molecule has 0 aliphatic carbocycles. The molecule has 0 radical (unpaired) electrons. The quantitative estimate of drug-likeness (QED) is 0.607.